The van der Waals surface area contributed by atoms with Crippen molar-refractivity contribution in [2.24, 2.45) is 5.10 Å². The van der Waals surface area contributed by atoms with E-state index >= 15 is 0 Å². The highest BCUT2D eigenvalue weighted by Gasteiger charge is 2.07. The summed E-state index contributed by atoms with van der Waals surface area (Å²) in [7, 11) is 1.59. The lowest BCUT2D eigenvalue weighted by molar-refractivity contribution is -0.120. The molecular formula is C17H18N4O3. The van der Waals surface area contributed by atoms with Gasteiger partial charge in [0.15, 0.2) is 0 Å². The number of rotatable bonds is 6. The lowest BCUT2D eigenvalue weighted by atomic mass is 10.1. The van der Waals surface area contributed by atoms with E-state index in [0.717, 1.165) is 11.3 Å². The molecule has 1 aromatic heterocycles. The number of methoxy groups -OCH3 is 1. The Balaban J connectivity index is 1.84. The number of pyridine rings is 1. The predicted molar refractivity (Wildman–Crippen MR) is 89.9 cm³/mol. The lowest BCUT2D eigenvalue weighted by Crippen LogP contribution is -2.35. The first-order valence-electron chi connectivity index (χ1n) is 7.26. The summed E-state index contributed by atoms with van der Waals surface area (Å²) in [4.78, 5) is 27.4. The molecule has 1 aromatic carbocycles. The Morgan fingerprint density at radius 2 is 1.75 bits per heavy atom. The molecule has 1 heterocycles. The zero-order valence-corrected chi connectivity index (χ0v) is 13.4. The van der Waals surface area contributed by atoms with E-state index in [1.54, 1.807) is 26.2 Å². The van der Waals surface area contributed by atoms with Crippen LogP contribution in [0, 0.1) is 0 Å². The summed E-state index contributed by atoms with van der Waals surface area (Å²) in [6, 6.07) is 10.4. The molecule has 0 unspecified atom stereocenters. The van der Waals surface area contributed by atoms with Crippen LogP contribution >= 0.6 is 0 Å². The second kappa shape index (κ2) is 8.42. The van der Waals surface area contributed by atoms with Crippen molar-refractivity contribution in [2.45, 2.75) is 6.92 Å². The molecule has 0 fully saturated rings. The fraction of sp³-hybridized carbons (Fsp3) is 0.176. The maximum absolute atomic E-state index is 11.8. The summed E-state index contributed by atoms with van der Waals surface area (Å²) in [6.45, 7) is 1.61. The van der Waals surface area contributed by atoms with E-state index in [9.17, 15) is 9.59 Å². The van der Waals surface area contributed by atoms with Gasteiger partial charge < -0.3 is 10.1 Å². The number of amides is 2. The molecule has 2 rings (SSSR count). The minimum absolute atomic E-state index is 0.166. The average Bonchev–Trinajstić information content (AvgIpc) is 2.64. The summed E-state index contributed by atoms with van der Waals surface area (Å²) in [5.74, 6) is -0.0110. The van der Waals surface area contributed by atoms with Gasteiger partial charge in [0.05, 0.1) is 19.4 Å². The molecule has 24 heavy (non-hydrogen) atoms. The van der Waals surface area contributed by atoms with Crippen LogP contribution in [0.1, 0.15) is 22.8 Å². The SMILES string of the molecule is COc1ccc(/C(C)=N/NC(=O)CNC(=O)c2ccncc2)cc1. The number of aromatic nitrogens is 1. The number of benzene rings is 1. The fourth-order valence-electron chi connectivity index (χ4n) is 1.85. The summed E-state index contributed by atoms with van der Waals surface area (Å²) in [6.07, 6.45) is 3.02. The monoisotopic (exact) mass is 326 g/mol. The molecule has 0 spiro atoms. The number of carbonyl (C=O) groups is 2. The van der Waals surface area contributed by atoms with Gasteiger partial charge in [0.25, 0.3) is 11.8 Å². The van der Waals surface area contributed by atoms with E-state index in [-0.39, 0.29) is 12.5 Å². The molecule has 2 amide bonds. The van der Waals surface area contributed by atoms with Crippen LogP contribution in [0.5, 0.6) is 5.75 Å². The number of carbonyl (C=O) groups excluding carboxylic acids is 2. The Bertz CT molecular complexity index is 727. The zero-order chi connectivity index (χ0) is 17.4. The molecule has 0 atom stereocenters. The lowest BCUT2D eigenvalue weighted by Gasteiger charge is -2.06. The van der Waals surface area contributed by atoms with Crippen LogP contribution in [-0.4, -0.2) is 36.2 Å². The van der Waals surface area contributed by atoms with Crippen LogP contribution in [0.2, 0.25) is 0 Å². The quantitative estimate of drug-likeness (QED) is 0.619. The van der Waals surface area contributed by atoms with E-state index < -0.39 is 5.91 Å². The van der Waals surface area contributed by atoms with Crippen molar-refractivity contribution < 1.29 is 14.3 Å². The molecule has 7 heteroatoms. The molecule has 2 N–H and O–H groups in total. The fourth-order valence-corrected chi connectivity index (χ4v) is 1.85. The van der Waals surface area contributed by atoms with Gasteiger partial charge in [-0.2, -0.15) is 5.10 Å². The van der Waals surface area contributed by atoms with E-state index in [1.807, 2.05) is 24.3 Å². The van der Waals surface area contributed by atoms with Crippen LogP contribution < -0.4 is 15.5 Å². The van der Waals surface area contributed by atoms with Crippen molar-refractivity contribution >= 4 is 17.5 Å². The van der Waals surface area contributed by atoms with Gasteiger partial charge in [-0.1, -0.05) is 0 Å². The van der Waals surface area contributed by atoms with E-state index in [1.165, 1.54) is 12.4 Å². The standard InChI is InChI=1S/C17H18N4O3/c1-12(13-3-5-15(24-2)6-4-13)20-21-16(22)11-19-17(23)14-7-9-18-10-8-14/h3-10H,11H2,1-2H3,(H,19,23)(H,21,22)/b20-12+. The zero-order valence-electron chi connectivity index (χ0n) is 13.4. The summed E-state index contributed by atoms with van der Waals surface area (Å²) >= 11 is 0. The van der Waals surface area contributed by atoms with Gasteiger partial charge in [0.2, 0.25) is 0 Å². The highest BCUT2D eigenvalue weighted by atomic mass is 16.5. The van der Waals surface area contributed by atoms with Crippen molar-refractivity contribution in [2.75, 3.05) is 13.7 Å². The first-order valence-corrected chi connectivity index (χ1v) is 7.26. The molecule has 7 nitrogen and oxygen atoms in total. The maximum atomic E-state index is 11.8. The molecule has 0 bridgehead atoms. The third-order valence-electron chi connectivity index (χ3n) is 3.21. The first-order chi connectivity index (χ1) is 11.6. The smallest absolute Gasteiger partial charge is 0.259 e. The van der Waals surface area contributed by atoms with Crippen molar-refractivity contribution in [3.05, 3.63) is 59.9 Å². The normalized spacial score (nSPS) is 10.8. The molecule has 0 saturated heterocycles. The molecule has 124 valence electrons. The Labute approximate surface area is 139 Å². The highest BCUT2D eigenvalue weighted by Crippen LogP contribution is 2.11. The van der Waals surface area contributed by atoms with E-state index in [2.05, 4.69) is 20.8 Å². The summed E-state index contributed by atoms with van der Waals surface area (Å²) in [5, 5.41) is 6.53. The molecule has 0 aliphatic carbocycles. The van der Waals surface area contributed by atoms with Crippen LogP contribution in [-0.2, 0) is 4.79 Å². The Morgan fingerprint density at radius 1 is 1.08 bits per heavy atom. The highest BCUT2D eigenvalue weighted by molar-refractivity contribution is 6.00. The minimum atomic E-state index is -0.412. The van der Waals surface area contributed by atoms with Crippen LogP contribution in [0.25, 0.3) is 0 Å². The first kappa shape index (κ1) is 17.1. The van der Waals surface area contributed by atoms with Gasteiger partial charge in [-0.05, 0) is 48.9 Å². The average molecular weight is 326 g/mol. The second-order valence-electron chi connectivity index (χ2n) is 4.88. The number of hydrogen-bond acceptors (Lipinski definition) is 5. The number of nitrogens with one attached hydrogen (secondary N) is 2. The van der Waals surface area contributed by atoms with Gasteiger partial charge >= 0.3 is 0 Å². The number of hydrogen-bond donors (Lipinski definition) is 2. The van der Waals surface area contributed by atoms with Gasteiger partial charge in [-0.3, -0.25) is 14.6 Å². The molecule has 0 radical (unpaired) electrons. The third-order valence-corrected chi connectivity index (χ3v) is 3.21. The van der Waals surface area contributed by atoms with Crippen LogP contribution in [0.3, 0.4) is 0 Å². The van der Waals surface area contributed by atoms with Crippen LogP contribution in [0.15, 0.2) is 53.9 Å². The second-order valence-corrected chi connectivity index (χ2v) is 4.88. The third kappa shape index (κ3) is 4.91. The summed E-state index contributed by atoms with van der Waals surface area (Å²) < 4.78 is 5.08. The largest absolute Gasteiger partial charge is 0.497 e. The van der Waals surface area contributed by atoms with Crippen molar-refractivity contribution in [3.8, 4) is 5.75 Å². The summed E-state index contributed by atoms with van der Waals surface area (Å²) in [5.41, 5.74) is 4.35. The topological polar surface area (TPSA) is 92.7 Å². The van der Waals surface area contributed by atoms with Gasteiger partial charge in [0, 0.05) is 18.0 Å². The van der Waals surface area contributed by atoms with E-state index in [4.69, 9.17) is 4.74 Å². The molecular weight excluding hydrogens is 308 g/mol. The van der Waals surface area contributed by atoms with Gasteiger partial charge in [-0.15, -0.1) is 0 Å². The molecule has 0 aliphatic heterocycles. The van der Waals surface area contributed by atoms with Crippen LogP contribution in [0.4, 0.5) is 0 Å². The molecule has 0 aliphatic rings. The Morgan fingerprint density at radius 3 is 2.38 bits per heavy atom. The maximum Gasteiger partial charge on any atom is 0.259 e. The van der Waals surface area contributed by atoms with Gasteiger partial charge in [-0.25, -0.2) is 5.43 Å². The Hall–Kier alpha value is -3.22. The number of hydrazone groups is 1. The van der Waals surface area contributed by atoms with Crippen molar-refractivity contribution in [1.82, 2.24) is 15.7 Å². The Kier molecular flexibility index (Phi) is 6.01. The minimum Gasteiger partial charge on any atom is -0.497 e. The van der Waals surface area contributed by atoms with Crippen molar-refractivity contribution in [3.63, 3.8) is 0 Å². The molecule has 2 aromatic rings. The number of ether oxygens (including phenoxy) is 1. The van der Waals surface area contributed by atoms with E-state index in [0.29, 0.717) is 11.3 Å². The predicted octanol–water partition coefficient (Wildman–Crippen LogP) is 1.36. The van der Waals surface area contributed by atoms with Crippen molar-refractivity contribution in [1.29, 1.82) is 0 Å². The number of nitrogens with zero attached hydrogens (tertiary/aromatic N) is 2. The molecule has 0 saturated carbocycles. The van der Waals surface area contributed by atoms with Gasteiger partial charge in [0.1, 0.15) is 5.75 Å².